The first kappa shape index (κ1) is 27.1. The number of carbonyl (C=O) groups is 1. The molecule has 2 fully saturated rings. The Kier molecular flexibility index (Phi) is 9.00. The van der Waals surface area contributed by atoms with Crippen LogP contribution in [0.2, 0.25) is 0 Å². The molecule has 2 aromatic rings. The predicted octanol–water partition coefficient (Wildman–Crippen LogP) is 5.17. The zero-order valence-corrected chi connectivity index (χ0v) is 23.2. The molecule has 1 saturated heterocycles. The van der Waals surface area contributed by atoms with Crippen molar-refractivity contribution in [3.63, 3.8) is 0 Å². The minimum atomic E-state index is -0.185. The molecule has 38 heavy (non-hydrogen) atoms. The lowest BCUT2D eigenvalue weighted by Crippen LogP contribution is -2.44. The van der Waals surface area contributed by atoms with E-state index < -0.39 is 0 Å². The molecule has 0 spiro atoms. The third kappa shape index (κ3) is 6.23. The molecule has 8 heteroatoms. The van der Waals surface area contributed by atoms with E-state index in [-0.39, 0.29) is 17.9 Å². The minimum absolute atomic E-state index is 0.0614. The number of aliphatic hydroxyl groups is 1. The van der Waals surface area contributed by atoms with E-state index in [0.717, 1.165) is 56.9 Å². The van der Waals surface area contributed by atoms with Gasteiger partial charge in [0.05, 0.1) is 31.0 Å². The van der Waals surface area contributed by atoms with Crippen LogP contribution in [0.5, 0.6) is 0 Å². The molecule has 2 aliphatic carbocycles. The molecule has 3 heterocycles. The van der Waals surface area contributed by atoms with Crippen molar-refractivity contribution >= 4 is 22.9 Å². The highest BCUT2D eigenvalue weighted by Gasteiger charge is 2.30. The Morgan fingerprint density at radius 3 is 2.68 bits per heavy atom. The number of hydrogen-bond acceptors (Lipinski definition) is 6. The largest absolute Gasteiger partial charge is 0.393 e. The molecular weight excluding hydrogens is 478 g/mol. The summed E-state index contributed by atoms with van der Waals surface area (Å²) >= 11 is 0. The van der Waals surface area contributed by atoms with Gasteiger partial charge < -0.3 is 20.1 Å². The number of morpholine rings is 1. The molecular formula is C30H45N5O3. The van der Waals surface area contributed by atoms with Gasteiger partial charge in [-0.3, -0.25) is 4.79 Å². The summed E-state index contributed by atoms with van der Waals surface area (Å²) in [6.07, 6.45) is 15.0. The van der Waals surface area contributed by atoms with Crippen molar-refractivity contribution in [1.29, 1.82) is 0 Å². The van der Waals surface area contributed by atoms with Crippen LogP contribution in [0, 0.1) is 5.92 Å². The van der Waals surface area contributed by atoms with E-state index in [2.05, 4.69) is 35.8 Å². The van der Waals surface area contributed by atoms with Crippen LogP contribution in [0.3, 0.4) is 0 Å². The molecule has 1 saturated carbocycles. The number of amides is 1. The second kappa shape index (κ2) is 12.6. The standard InChI is InChI=1S/C30H45N5O3/c1-3-4-5-6-21(2)32-30-31-20-28-26(19-27(35(28)33-30)23-11-13-25(36)14-12-23)22-7-9-24(10-8-22)29(37)34-15-17-38-18-16-34/h7,19-21,23-25,36H,3-6,8-18H2,1-2H3,(H,32,33)/t21-,23-,24+,25-/m0/s1. The zero-order chi connectivity index (χ0) is 26.5. The van der Waals surface area contributed by atoms with Crippen LogP contribution in [0.4, 0.5) is 5.95 Å². The molecule has 5 rings (SSSR count). The van der Waals surface area contributed by atoms with Crippen LogP contribution in [-0.2, 0) is 9.53 Å². The highest BCUT2D eigenvalue weighted by atomic mass is 16.5. The summed E-state index contributed by atoms with van der Waals surface area (Å²) < 4.78 is 7.53. The SMILES string of the molecule is CCCCC[C@H](C)Nc1ncc2c(C3=CC[C@@H](C(=O)N4CCOCC4)CC3)cc([C@H]3CC[C@H](O)CC3)n2n1. The number of aromatic nitrogens is 3. The van der Waals surface area contributed by atoms with Gasteiger partial charge in [0.2, 0.25) is 11.9 Å². The average molecular weight is 524 g/mol. The van der Waals surface area contributed by atoms with Crippen LogP contribution in [0.1, 0.15) is 102 Å². The van der Waals surface area contributed by atoms with E-state index in [1.165, 1.54) is 36.1 Å². The van der Waals surface area contributed by atoms with E-state index >= 15 is 0 Å². The quantitative estimate of drug-likeness (QED) is 0.441. The van der Waals surface area contributed by atoms with Crippen molar-refractivity contribution in [2.45, 2.75) is 103 Å². The van der Waals surface area contributed by atoms with Gasteiger partial charge >= 0.3 is 0 Å². The summed E-state index contributed by atoms with van der Waals surface area (Å²) in [5.74, 6) is 1.39. The summed E-state index contributed by atoms with van der Waals surface area (Å²) in [4.78, 5) is 19.7. The van der Waals surface area contributed by atoms with E-state index in [1.54, 1.807) is 0 Å². The number of aliphatic hydroxyl groups excluding tert-OH is 1. The third-order valence-corrected chi connectivity index (χ3v) is 8.70. The zero-order valence-electron chi connectivity index (χ0n) is 23.2. The highest BCUT2D eigenvalue weighted by Crippen LogP contribution is 2.39. The van der Waals surface area contributed by atoms with E-state index in [4.69, 9.17) is 14.8 Å². The van der Waals surface area contributed by atoms with Crippen molar-refractivity contribution < 1.29 is 14.6 Å². The Labute approximate surface area is 226 Å². The summed E-state index contributed by atoms with van der Waals surface area (Å²) in [6.45, 7) is 7.14. The van der Waals surface area contributed by atoms with Crippen LogP contribution >= 0.6 is 0 Å². The molecule has 2 N–H and O–H groups in total. The van der Waals surface area contributed by atoms with Gasteiger partial charge in [-0.1, -0.05) is 32.3 Å². The second-order valence-electron chi connectivity index (χ2n) is 11.5. The van der Waals surface area contributed by atoms with Crippen LogP contribution in [0.25, 0.3) is 11.1 Å². The molecule has 2 aromatic heterocycles. The topological polar surface area (TPSA) is 92.0 Å². The number of carbonyl (C=O) groups excluding carboxylic acids is 1. The van der Waals surface area contributed by atoms with Gasteiger partial charge in [-0.15, -0.1) is 5.10 Å². The highest BCUT2D eigenvalue weighted by molar-refractivity contribution is 5.83. The Morgan fingerprint density at radius 1 is 1.18 bits per heavy atom. The summed E-state index contributed by atoms with van der Waals surface area (Å²) in [5.41, 5.74) is 4.76. The molecule has 0 bridgehead atoms. The van der Waals surface area contributed by atoms with Gasteiger partial charge in [-0.25, -0.2) is 9.50 Å². The average Bonchev–Trinajstić information content (AvgIpc) is 3.32. The maximum Gasteiger partial charge on any atom is 0.241 e. The number of allylic oxidation sites excluding steroid dienone is 2. The minimum Gasteiger partial charge on any atom is -0.393 e. The number of nitrogens with one attached hydrogen (secondary N) is 1. The summed E-state index contributed by atoms with van der Waals surface area (Å²) in [6, 6.07) is 2.64. The lowest BCUT2D eigenvalue weighted by Gasteiger charge is -2.31. The Bertz CT molecular complexity index is 1110. The number of fused-ring (bicyclic) bond motifs is 1. The molecule has 0 unspecified atom stereocenters. The van der Waals surface area contributed by atoms with Gasteiger partial charge in [-0.05, 0) is 69.9 Å². The molecule has 1 amide bonds. The lowest BCUT2D eigenvalue weighted by atomic mass is 9.84. The van der Waals surface area contributed by atoms with Gasteiger partial charge in [0.15, 0.2) is 0 Å². The maximum absolute atomic E-state index is 13.0. The van der Waals surface area contributed by atoms with Crippen molar-refractivity contribution in [1.82, 2.24) is 19.5 Å². The number of anilines is 1. The normalized spacial score (nSPS) is 25.3. The van der Waals surface area contributed by atoms with Crippen LogP contribution < -0.4 is 5.32 Å². The number of rotatable bonds is 9. The summed E-state index contributed by atoms with van der Waals surface area (Å²) in [7, 11) is 0. The molecule has 2 atom stereocenters. The van der Waals surface area contributed by atoms with Crippen molar-refractivity contribution in [2.75, 3.05) is 31.6 Å². The van der Waals surface area contributed by atoms with Crippen molar-refractivity contribution in [3.05, 3.63) is 29.6 Å². The monoisotopic (exact) mass is 523 g/mol. The first-order valence-electron chi connectivity index (χ1n) is 14.9. The number of unbranched alkanes of at least 4 members (excludes halogenated alkanes) is 2. The first-order valence-corrected chi connectivity index (χ1v) is 14.9. The number of ether oxygens (including phenoxy) is 1. The Balaban J connectivity index is 1.38. The maximum atomic E-state index is 13.0. The predicted molar refractivity (Wildman–Crippen MR) is 150 cm³/mol. The van der Waals surface area contributed by atoms with Crippen LogP contribution in [0.15, 0.2) is 18.3 Å². The third-order valence-electron chi connectivity index (χ3n) is 8.70. The van der Waals surface area contributed by atoms with E-state index in [9.17, 15) is 9.90 Å². The fraction of sp³-hybridized carbons (Fsp3) is 0.700. The lowest BCUT2D eigenvalue weighted by molar-refractivity contribution is -0.139. The van der Waals surface area contributed by atoms with Gasteiger partial charge in [0.25, 0.3) is 0 Å². The van der Waals surface area contributed by atoms with Gasteiger partial charge in [0, 0.05) is 42.2 Å². The molecule has 1 aliphatic heterocycles. The van der Waals surface area contributed by atoms with Gasteiger partial charge in [-0.2, -0.15) is 0 Å². The second-order valence-corrected chi connectivity index (χ2v) is 11.5. The smallest absolute Gasteiger partial charge is 0.241 e. The Morgan fingerprint density at radius 2 is 1.97 bits per heavy atom. The summed E-state index contributed by atoms with van der Waals surface area (Å²) in [5, 5.41) is 18.6. The van der Waals surface area contributed by atoms with Crippen LogP contribution in [-0.4, -0.2) is 69.0 Å². The van der Waals surface area contributed by atoms with Gasteiger partial charge in [0.1, 0.15) is 0 Å². The fourth-order valence-corrected chi connectivity index (χ4v) is 6.34. The molecule has 0 radical (unpaired) electrons. The fourth-order valence-electron chi connectivity index (χ4n) is 6.34. The first-order chi connectivity index (χ1) is 18.5. The van der Waals surface area contributed by atoms with Crippen molar-refractivity contribution in [3.8, 4) is 0 Å². The van der Waals surface area contributed by atoms with E-state index in [0.29, 0.717) is 44.2 Å². The molecule has 8 nitrogen and oxygen atoms in total. The molecule has 208 valence electrons. The van der Waals surface area contributed by atoms with E-state index in [1.807, 2.05) is 11.1 Å². The number of nitrogens with zero attached hydrogens (tertiary/aromatic N) is 4. The molecule has 3 aliphatic rings. The van der Waals surface area contributed by atoms with Crippen molar-refractivity contribution in [2.24, 2.45) is 5.92 Å². The number of hydrogen-bond donors (Lipinski definition) is 2. The molecule has 0 aromatic carbocycles. The Hall–Kier alpha value is -2.45.